The summed E-state index contributed by atoms with van der Waals surface area (Å²) >= 11 is 0. The zero-order chi connectivity index (χ0) is 17.1. The van der Waals surface area contributed by atoms with Gasteiger partial charge in [0.1, 0.15) is 17.3 Å². The van der Waals surface area contributed by atoms with Gasteiger partial charge in [-0.05, 0) is 60.9 Å². The van der Waals surface area contributed by atoms with Gasteiger partial charge in [0.05, 0.1) is 11.3 Å². The number of rotatable bonds is 3. The van der Waals surface area contributed by atoms with Crippen LogP contribution < -0.4 is 0 Å². The summed E-state index contributed by atoms with van der Waals surface area (Å²) in [7, 11) is 0. The van der Waals surface area contributed by atoms with Gasteiger partial charge < -0.3 is 4.42 Å². The van der Waals surface area contributed by atoms with Crippen LogP contribution in [0.5, 0.6) is 0 Å². The number of nitrogens with zero attached hydrogens (tertiary/aromatic N) is 2. The van der Waals surface area contributed by atoms with E-state index in [0.29, 0.717) is 17.1 Å². The summed E-state index contributed by atoms with van der Waals surface area (Å²) in [6.45, 7) is 0.820. The fourth-order valence-electron chi connectivity index (χ4n) is 3.01. The highest BCUT2D eigenvalue weighted by molar-refractivity contribution is 6.15. The molecule has 4 heteroatoms. The van der Waals surface area contributed by atoms with E-state index in [1.165, 1.54) is 6.07 Å². The van der Waals surface area contributed by atoms with Crippen LogP contribution in [0.15, 0.2) is 75.9 Å². The monoisotopic (exact) mass is 332 g/mol. The third-order valence-corrected chi connectivity index (χ3v) is 4.20. The molecule has 0 atom stereocenters. The zero-order valence-electron chi connectivity index (χ0n) is 13.7. The highest BCUT2D eigenvalue weighted by Gasteiger charge is 2.15. The van der Waals surface area contributed by atoms with E-state index in [4.69, 9.17) is 4.42 Å². The van der Waals surface area contributed by atoms with Crippen LogP contribution >= 0.6 is 0 Å². The minimum absolute atomic E-state index is 0.286. The summed E-state index contributed by atoms with van der Waals surface area (Å²) < 4.78 is 19.8. The predicted octanol–water partition coefficient (Wildman–Crippen LogP) is 5.15. The molecule has 3 nitrogen and oxygen atoms in total. The zero-order valence-corrected chi connectivity index (χ0v) is 13.7. The van der Waals surface area contributed by atoms with Crippen molar-refractivity contribution in [1.82, 2.24) is 4.98 Å². The molecule has 0 N–H and O–H groups in total. The maximum absolute atomic E-state index is 13.9. The van der Waals surface area contributed by atoms with Gasteiger partial charge in [0.25, 0.3) is 0 Å². The van der Waals surface area contributed by atoms with Crippen molar-refractivity contribution in [1.29, 1.82) is 0 Å². The molecule has 0 amide bonds. The third kappa shape index (κ3) is 3.29. The van der Waals surface area contributed by atoms with E-state index in [-0.39, 0.29) is 5.82 Å². The Labute approximate surface area is 145 Å². The molecule has 1 aliphatic rings. The Morgan fingerprint density at radius 3 is 2.80 bits per heavy atom. The topological polar surface area (TPSA) is 38.4 Å². The Morgan fingerprint density at radius 1 is 1.04 bits per heavy atom. The van der Waals surface area contributed by atoms with E-state index in [2.05, 4.69) is 9.98 Å². The molecule has 1 aliphatic heterocycles. The second-order valence-corrected chi connectivity index (χ2v) is 5.93. The lowest BCUT2D eigenvalue weighted by atomic mass is 9.96. The van der Waals surface area contributed by atoms with Gasteiger partial charge >= 0.3 is 0 Å². The quantitative estimate of drug-likeness (QED) is 0.665. The summed E-state index contributed by atoms with van der Waals surface area (Å²) in [4.78, 5) is 8.84. The van der Waals surface area contributed by atoms with Crippen LogP contribution in [0.25, 0.3) is 17.4 Å². The van der Waals surface area contributed by atoms with E-state index in [1.807, 2.05) is 30.5 Å². The first-order valence-corrected chi connectivity index (χ1v) is 8.32. The van der Waals surface area contributed by atoms with Crippen LogP contribution in [0.2, 0.25) is 0 Å². The van der Waals surface area contributed by atoms with Crippen molar-refractivity contribution in [2.45, 2.75) is 12.8 Å². The Hall–Kier alpha value is -3.01. The summed E-state index contributed by atoms with van der Waals surface area (Å²) in [5.41, 5.74) is 3.56. The van der Waals surface area contributed by atoms with E-state index < -0.39 is 0 Å². The molecule has 0 spiro atoms. The SMILES string of the molecule is Fc1ccccc1-c1ccc(C=C2CCCN=C2c2cccnc2)o1. The Bertz CT molecular complexity index is 941. The average Bonchev–Trinajstić information content (AvgIpc) is 3.11. The summed E-state index contributed by atoms with van der Waals surface area (Å²) in [6, 6.07) is 14.2. The van der Waals surface area contributed by atoms with Crippen LogP contribution in [0.4, 0.5) is 4.39 Å². The first-order valence-electron chi connectivity index (χ1n) is 8.32. The number of allylic oxidation sites excluding steroid dienone is 1. The van der Waals surface area contributed by atoms with Crippen molar-refractivity contribution < 1.29 is 8.81 Å². The number of halogens is 1. The highest BCUT2D eigenvalue weighted by Crippen LogP contribution is 2.27. The Balaban J connectivity index is 1.67. The molecule has 0 saturated carbocycles. The molecule has 3 heterocycles. The molecule has 2 aromatic heterocycles. The lowest BCUT2D eigenvalue weighted by Crippen LogP contribution is -2.11. The van der Waals surface area contributed by atoms with Crippen molar-refractivity contribution >= 4 is 11.8 Å². The number of hydrogen-bond acceptors (Lipinski definition) is 3. The van der Waals surface area contributed by atoms with Crippen molar-refractivity contribution in [3.05, 3.63) is 83.6 Å². The average molecular weight is 332 g/mol. The van der Waals surface area contributed by atoms with E-state index >= 15 is 0 Å². The van der Waals surface area contributed by atoms with Crippen LogP contribution in [0, 0.1) is 5.82 Å². The second-order valence-electron chi connectivity index (χ2n) is 5.93. The molecular weight excluding hydrogens is 315 g/mol. The number of aromatic nitrogens is 1. The Morgan fingerprint density at radius 2 is 1.96 bits per heavy atom. The number of furan rings is 1. The first-order chi connectivity index (χ1) is 12.3. The van der Waals surface area contributed by atoms with Crippen LogP contribution in [0.1, 0.15) is 24.2 Å². The highest BCUT2D eigenvalue weighted by atomic mass is 19.1. The van der Waals surface area contributed by atoms with Gasteiger partial charge in [0, 0.05) is 24.5 Å². The van der Waals surface area contributed by atoms with Crippen LogP contribution in [0.3, 0.4) is 0 Å². The maximum atomic E-state index is 13.9. The number of aliphatic imine (C=N–C) groups is 1. The van der Waals surface area contributed by atoms with Crippen LogP contribution in [-0.4, -0.2) is 17.2 Å². The molecule has 3 aromatic rings. The molecule has 25 heavy (non-hydrogen) atoms. The van der Waals surface area contributed by atoms with Crippen molar-refractivity contribution in [2.24, 2.45) is 4.99 Å². The van der Waals surface area contributed by atoms with Gasteiger partial charge in [-0.25, -0.2) is 4.39 Å². The largest absolute Gasteiger partial charge is 0.457 e. The molecule has 0 aliphatic carbocycles. The number of benzene rings is 1. The molecular formula is C21H17FN2O. The maximum Gasteiger partial charge on any atom is 0.137 e. The van der Waals surface area contributed by atoms with Crippen molar-refractivity contribution in [3.8, 4) is 11.3 Å². The van der Waals surface area contributed by atoms with E-state index in [0.717, 1.165) is 36.2 Å². The van der Waals surface area contributed by atoms with Gasteiger partial charge in [0.2, 0.25) is 0 Å². The van der Waals surface area contributed by atoms with Gasteiger partial charge in [-0.2, -0.15) is 0 Å². The van der Waals surface area contributed by atoms with Gasteiger partial charge in [-0.1, -0.05) is 12.1 Å². The lowest BCUT2D eigenvalue weighted by molar-refractivity contribution is 0.560. The van der Waals surface area contributed by atoms with Gasteiger partial charge in [0.15, 0.2) is 0 Å². The minimum atomic E-state index is -0.286. The molecule has 0 bridgehead atoms. The Kier molecular flexibility index (Phi) is 4.25. The van der Waals surface area contributed by atoms with Gasteiger partial charge in [-0.15, -0.1) is 0 Å². The predicted molar refractivity (Wildman–Crippen MR) is 97.0 cm³/mol. The lowest BCUT2D eigenvalue weighted by Gasteiger charge is -2.15. The normalized spacial score (nSPS) is 16.0. The summed E-state index contributed by atoms with van der Waals surface area (Å²) in [6.07, 6.45) is 7.52. The standard InChI is InChI=1S/C21H17FN2O/c22-19-8-2-1-7-18(19)20-10-9-17(25-20)13-15-5-4-12-24-21(15)16-6-3-11-23-14-16/h1-3,6-11,13-14H,4-5,12H2. The molecule has 0 unspecified atom stereocenters. The molecule has 124 valence electrons. The van der Waals surface area contributed by atoms with E-state index in [1.54, 1.807) is 30.5 Å². The number of hydrogen-bond donors (Lipinski definition) is 0. The van der Waals surface area contributed by atoms with Crippen molar-refractivity contribution in [2.75, 3.05) is 6.54 Å². The molecule has 0 saturated heterocycles. The van der Waals surface area contributed by atoms with Crippen molar-refractivity contribution in [3.63, 3.8) is 0 Å². The first kappa shape index (κ1) is 15.5. The fourth-order valence-corrected chi connectivity index (χ4v) is 3.01. The molecule has 0 fully saturated rings. The van der Waals surface area contributed by atoms with E-state index in [9.17, 15) is 4.39 Å². The number of pyridine rings is 1. The second kappa shape index (κ2) is 6.85. The molecule has 0 radical (unpaired) electrons. The van der Waals surface area contributed by atoms with Gasteiger partial charge in [-0.3, -0.25) is 9.98 Å². The van der Waals surface area contributed by atoms with Crippen LogP contribution in [-0.2, 0) is 0 Å². The minimum Gasteiger partial charge on any atom is -0.457 e. The fraction of sp³-hybridized carbons (Fsp3) is 0.143. The summed E-state index contributed by atoms with van der Waals surface area (Å²) in [5, 5.41) is 0. The molecule has 1 aromatic carbocycles. The third-order valence-electron chi connectivity index (χ3n) is 4.20. The molecule has 4 rings (SSSR count). The smallest absolute Gasteiger partial charge is 0.137 e. The summed E-state index contributed by atoms with van der Waals surface area (Å²) in [5.74, 6) is 0.943.